The van der Waals surface area contributed by atoms with Gasteiger partial charge in [0.15, 0.2) is 5.69 Å². The van der Waals surface area contributed by atoms with E-state index >= 15 is 0 Å². The van der Waals surface area contributed by atoms with E-state index in [1.54, 1.807) is 12.4 Å². The van der Waals surface area contributed by atoms with Crippen molar-refractivity contribution in [3.05, 3.63) is 11.2 Å². The van der Waals surface area contributed by atoms with E-state index in [4.69, 9.17) is 9.47 Å². The zero-order valence-corrected chi connectivity index (χ0v) is 11.5. The molecular formula is C12H18N2O3S. The number of thiazole rings is 1. The molecule has 100 valence electrons. The lowest BCUT2D eigenvalue weighted by molar-refractivity contribution is 0.0232. The molecule has 1 aromatic heterocycles. The van der Waals surface area contributed by atoms with Crippen molar-refractivity contribution in [2.45, 2.75) is 38.8 Å². The van der Waals surface area contributed by atoms with Crippen molar-refractivity contribution in [1.82, 2.24) is 4.98 Å². The topological polar surface area (TPSA) is 60.5 Å². The summed E-state index contributed by atoms with van der Waals surface area (Å²) in [6, 6.07) is 0.336. The average molecular weight is 270 g/mol. The molecule has 0 spiro atoms. The minimum Gasteiger partial charge on any atom is -0.461 e. The predicted octanol–water partition coefficient (Wildman–Crippen LogP) is 2.30. The van der Waals surface area contributed by atoms with Crippen molar-refractivity contribution in [3.8, 4) is 0 Å². The Kier molecular flexibility index (Phi) is 4.54. The maximum atomic E-state index is 11.7. The maximum absolute atomic E-state index is 11.7. The second kappa shape index (κ2) is 6.15. The van der Waals surface area contributed by atoms with Gasteiger partial charge in [-0.15, -0.1) is 11.3 Å². The van der Waals surface area contributed by atoms with Crippen LogP contribution < -0.4 is 5.32 Å². The fourth-order valence-corrected chi connectivity index (χ4v) is 2.75. The molecule has 5 nitrogen and oxygen atoms in total. The Labute approximate surface area is 111 Å². The number of anilines is 1. The molecule has 1 N–H and O–H groups in total. The summed E-state index contributed by atoms with van der Waals surface area (Å²) in [7, 11) is 0. The van der Waals surface area contributed by atoms with Gasteiger partial charge in [-0.05, 0) is 26.7 Å². The number of esters is 1. The Morgan fingerprint density at radius 3 is 3.28 bits per heavy atom. The number of aromatic nitrogens is 1. The van der Waals surface area contributed by atoms with Crippen molar-refractivity contribution in [2.24, 2.45) is 0 Å². The highest BCUT2D eigenvalue weighted by Crippen LogP contribution is 2.25. The number of nitrogens with one attached hydrogen (secondary N) is 1. The van der Waals surface area contributed by atoms with Gasteiger partial charge in [0.1, 0.15) is 5.00 Å². The molecule has 1 fully saturated rings. The van der Waals surface area contributed by atoms with Crippen molar-refractivity contribution in [3.63, 3.8) is 0 Å². The first-order valence-electron chi connectivity index (χ1n) is 6.19. The highest BCUT2D eigenvalue weighted by Gasteiger charge is 2.23. The van der Waals surface area contributed by atoms with E-state index in [9.17, 15) is 4.79 Å². The first-order chi connectivity index (χ1) is 8.70. The molecule has 2 unspecified atom stereocenters. The summed E-state index contributed by atoms with van der Waals surface area (Å²) < 4.78 is 10.5. The second-order valence-corrected chi connectivity index (χ2v) is 5.15. The Hall–Kier alpha value is -1.14. The smallest absolute Gasteiger partial charge is 0.360 e. The summed E-state index contributed by atoms with van der Waals surface area (Å²) >= 11 is 1.43. The molecule has 2 atom stereocenters. The molecule has 0 aromatic carbocycles. The van der Waals surface area contributed by atoms with Gasteiger partial charge in [-0.1, -0.05) is 0 Å². The van der Waals surface area contributed by atoms with Crippen LogP contribution in [0, 0.1) is 0 Å². The monoisotopic (exact) mass is 270 g/mol. The second-order valence-electron chi connectivity index (χ2n) is 4.30. The average Bonchev–Trinajstić information content (AvgIpc) is 2.77. The van der Waals surface area contributed by atoms with E-state index in [1.807, 2.05) is 0 Å². The van der Waals surface area contributed by atoms with Gasteiger partial charge < -0.3 is 14.8 Å². The number of hydrogen-bond acceptors (Lipinski definition) is 6. The lowest BCUT2D eigenvalue weighted by atomic mass is 10.0. The summed E-state index contributed by atoms with van der Waals surface area (Å²) in [5, 5.41) is 4.17. The largest absolute Gasteiger partial charge is 0.461 e. The first kappa shape index (κ1) is 13.3. The molecule has 2 rings (SSSR count). The lowest BCUT2D eigenvalue weighted by Gasteiger charge is -2.28. The van der Waals surface area contributed by atoms with E-state index in [2.05, 4.69) is 17.2 Å². The molecule has 0 radical (unpaired) electrons. The van der Waals surface area contributed by atoms with Crippen LogP contribution in [0.25, 0.3) is 0 Å². The molecule has 2 heterocycles. The third-order valence-corrected chi connectivity index (χ3v) is 3.61. The van der Waals surface area contributed by atoms with Crippen LogP contribution in [0.3, 0.4) is 0 Å². The van der Waals surface area contributed by atoms with E-state index in [0.29, 0.717) is 18.3 Å². The number of ether oxygens (including phenoxy) is 2. The van der Waals surface area contributed by atoms with Gasteiger partial charge in [0.2, 0.25) is 0 Å². The Morgan fingerprint density at radius 1 is 1.72 bits per heavy atom. The zero-order valence-electron chi connectivity index (χ0n) is 10.6. The van der Waals surface area contributed by atoms with Gasteiger partial charge in [-0.2, -0.15) is 0 Å². The number of carbonyl (C=O) groups is 1. The molecule has 1 saturated heterocycles. The van der Waals surface area contributed by atoms with Crippen LogP contribution in [0.5, 0.6) is 0 Å². The van der Waals surface area contributed by atoms with Crippen molar-refractivity contribution >= 4 is 22.3 Å². The number of hydrogen-bond donors (Lipinski definition) is 1. The zero-order chi connectivity index (χ0) is 13.0. The van der Waals surface area contributed by atoms with Gasteiger partial charge in [0.25, 0.3) is 0 Å². The molecule has 0 aliphatic carbocycles. The summed E-state index contributed by atoms with van der Waals surface area (Å²) in [5.41, 5.74) is 2.05. The molecule has 0 saturated carbocycles. The SMILES string of the molecule is CCOC(=O)c1ncsc1NC1CCOC(C)C1. The fourth-order valence-electron chi connectivity index (χ4n) is 2.01. The van der Waals surface area contributed by atoms with Crippen molar-refractivity contribution in [1.29, 1.82) is 0 Å². The Balaban J connectivity index is 2.00. The van der Waals surface area contributed by atoms with Crippen LogP contribution in [0.1, 0.15) is 37.2 Å². The van der Waals surface area contributed by atoms with Crippen molar-refractivity contribution < 1.29 is 14.3 Å². The minimum absolute atomic E-state index is 0.259. The third kappa shape index (κ3) is 3.20. The summed E-state index contributed by atoms with van der Waals surface area (Å²) in [6.07, 6.45) is 2.15. The van der Waals surface area contributed by atoms with Gasteiger partial charge >= 0.3 is 5.97 Å². The van der Waals surface area contributed by atoms with E-state index < -0.39 is 0 Å². The highest BCUT2D eigenvalue weighted by atomic mass is 32.1. The fraction of sp³-hybridized carbons (Fsp3) is 0.667. The maximum Gasteiger partial charge on any atom is 0.360 e. The molecule has 0 bridgehead atoms. The summed E-state index contributed by atoms with van der Waals surface area (Å²) in [5.74, 6) is -0.360. The van der Waals surface area contributed by atoms with E-state index in [-0.39, 0.29) is 12.1 Å². The number of carbonyl (C=O) groups excluding carboxylic acids is 1. The molecular weight excluding hydrogens is 252 g/mol. The van der Waals surface area contributed by atoms with Gasteiger partial charge in [-0.3, -0.25) is 0 Å². The Bertz CT molecular complexity index is 408. The standard InChI is InChI=1S/C12H18N2O3S/c1-3-16-12(15)10-11(18-7-13-10)14-9-4-5-17-8(2)6-9/h7-9,14H,3-6H2,1-2H3. The highest BCUT2D eigenvalue weighted by molar-refractivity contribution is 7.14. The first-order valence-corrected chi connectivity index (χ1v) is 7.07. The van der Waals surface area contributed by atoms with Crippen LogP contribution in [0.15, 0.2) is 5.51 Å². The molecule has 1 aromatic rings. The molecule has 6 heteroatoms. The van der Waals surface area contributed by atoms with Crippen LogP contribution in [-0.4, -0.2) is 36.3 Å². The number of nitrogens with zero attached hydrogens (tertiary/aromatic N) is 1. The number of rotatable bonds is 4. The van der Waals surface area contributed by atoms with Gasteiger partial charge in [-0.25, -0.2) is 9.78 Å². The van der Waals surface area contributed by atoms with E-state index in [0.717, 1.165) is 24.4 Å². The van der Waals surface area contributed by atoms with Crippen LogP contribution in [0.2, 0.25) is 0 Å². The summed E-state index contributed by atoms with van der Waals surface area (Å²) in [6.45, 7) is 4.97. The summed E-state index contributed by atoms with van der Waals surface area (Å²) in [4.78, 5) is 15.8. The Morgan fingerprint density at radius 2 is 2.56 bits per heavy atom. The third-order valence-electron chi connectivity index (χ3n) is 2.86. The normalized spacial score (nSPS) is 23.7. The predicted molar refractivity (Wildman–Crippen MR) is 70.1 cm³/mol. The quantitative estimate of drug-likeness (QED) is 0.851. The van der Waals surface area contributed by atoms with E-state index in [1.165, 1.54) is 11.3 Å². The molecule has 1 aliphatic heterocycles. The van der Waals surface area contributed by atoms with Crippen LogP contribution >= 0.6 is 11.3 Å². The lowest BCUT2D eigenvalue weighted by Crippen LogP contribution is -2.32. The van der Waals surface area contributed by atoms with Crippen molar-refractivity contribution in [2.75, 3.05) is 18.5 Å². The molecule has 18 heavy (non-hydrogen) atoms. The van der Waals surface area contributed by atoms with Crippen LogP contribution in [-0.2, 0) is 9.47 Å². The molecule has 1 aliphatic rings. The van der Waals surface area contributed by atoms with Gasteiger partial charge in [0, 0.05) is 12.6 Å². The minimum atomic E-state index is -0.360. The molecule has 0 amide bonds. The van der Waals surface area contributed by atoms with Gasteiger partial charge in [0.05, 0.1) is 18.2 Å². The van der Waals surface area contributed by atoms with Crippen LogP contribution in [0.4, 0.5) is 5.00 Å².